The molecule has 1 unspecified atom stereocenters. The van der Waals surface area contributed by atoms with Crippen LogP contribution < -0.4 is 5.73 Å². The van der Waals surface area contributed by atoms with Crippen LogP contribution in [0.3, 0.4) is 0 Å². The molecule has 1 aromatic rings. The molecule has 4 heteroatoms. The topological polar surface area (TPSA) is 35.2 Å². The van der Waals surface area contributed by atoms with Crippen molar-refractivity contribution in [2.45, 2.75) is 44.8 Å². The van der Waals surface area contributed by atoms with E-state index < -0.39 is 0 Å². The molecule has 0 fully saturated rings. The number of hydrogen-bond donors (Lipinski definition) is 1. The fourth-order valence-electron chi connectivity index (χ4n) is 2.07. The van der Waals surface area contributed by atoms with Gasteiger partial charge in [-0.05, 0) is 40.2 Å². The zero-order valence-electron chi connectivity index (χ0n) is 10.1. The first kappa shape index (κ1) is 14.2. The smallest absolute Gasteiger partial charge is 0.0827 e. The molecule has 0 aliphatic carbocycles. The maximum Gasteiger partial charge on any atom is 0.0827 e. The summed E-state index contributed by atoms with van der Waals surface area (Å²) in [5.41, 5.74) is 6.11. The molecule has 0 aromatic carbocycles. The normalized spacial score (nSPS) is 14.1. The van der Waals surface area contributed by atoms with Gasteiger partial charge in [-0.1, -0.05) is 13.8 Å². The van der Waals surface area contributed by atoms with Gasteiger partial charge in [-0.3, -0.25) is 0 Å². The van der Waals surface area contributed by atoms with Gasteiger partial charge in [-0.2, -0.15) is 0 Å². The molecule has 0 amide bonds. The van der Waals surface area contributed by atoms with Gasteiger partial charge in [0.25, 0.3) is 0 Å². The number of hydrogen-bond acceptors (Lipinski definition) is 3. The third kappa shape index (κ3) is 2.86. The van der Waals surface area contributed by atoms with Gasteiger partial charge in [0.1, 0.15) is 0 Å². The number of thiophene rings is 1. The molecule has 0 spiro atoms. The van der Waals surface area contributed by atoms with Crippen LogP contribution in [0.25, 0.3) is 0 Å². The van der Waals surface area contributed by atoms with Crippen LogP contribution >= 0.6 is 27.3 Å². The third-order valence-corrected chi connectivity index (χ3v) is 5.32. The summed E-state index contributed by atoms with van der Waals surface area (Å²) in [6.07, 6.45) is 2.77. The van der Waals surface area contributed by atoms with Crippen LogP contribution in [-0.4, -0.2) is 18.8 Å². The molecule has 92 valence electrons. The zero-order chi connectivity index (χ0) is 12.2. The Bertz CT molecular complexity index is 314. The van der Waals surface area contributed by atoms with E-state index in [1.165, 1.54) is 4.88 Å². The van der Waals surface area contributed by atoms with E-state index in [4.69, 9.17) is 10.5 Å². The predicted molar refractivity (Wildman–Crippen MR) is 74.0 cm³/mol. The fraction of sp³-hybridized carbons (Fsp3) is 0.667. The van der Waals surface area contributed by atoms with Crippen molar-refractivity contribution < 1.29 is 4.74 Å². The van der Waals surface area contributed by atoms with Crippen molar-refractivity contribution in [2.24, 2.45) is 5.73 Å². The lowest BCUT2D eigenvalue weighted by Gasteiger charge is -2.36. The fourth-order valence-corrected chi connectivity index (χ4v) is 3.65. The minimum atomic E-state index is -0.191. The standard InChI is InChI=1S/C12H20BrNOS/c1-4-12(5-2,15-3)11(14)8-10-9(13)6-7-16-10/h6-7,11H,4-5,8,14H2,1-3H3. The molecule has 0 bridgehead atoms. The van der Waals surface area contributed by atoms with E-state index in [9.17, 15) is 0 Å². The minimum Gasteiger partial charge on any atom is -0.377 e. The van der Waals surface area contributed by atoms with E-state index in [-0.39, 0.29) is 11.6 Å². The number of ether oxygens (including phenoxy) is 1. The Kier molecular flexibility index (Phi) is 5.44. The Hall–Kier alpha value is 0.100. The summed E-state index contributed by atoms with van der Waals surface area (Å²) >= 11 is 5.28. The van der Waals surface area contributed by atoms with Gasteiger partial charge in [0.15, 0.2) is 0 Å². The highest BCUT2D eigenvalue weighted by atomic mass is 79.9. The molecule has 0 radical (unpaired) electrons. The number of halogens is 1. The highest BCUT2D eigenvalue weighted by molar-refractivity contribution is 9.10. The van der Waals surface area contributed by atoms with Gasteiger partial charge in [0.2, 0.25) is 0 Å². The lowest BCUT2D eigenvalue weighted by Crippen LogP contribution is -2.49. The molecule has 1 rings (SSSR count). The van der Waals surface area contributed by atoms with Crippen molar-refractivity contribution in [3.63, 3.8) is 0 Å². The lowest BCUT2D eigenvalue weighted by atomic mass is 9.86. The summed E-state index contributed by atoms with van der Waals surface area (Å²) in [6.45, 7) is 4.27. The van der Waals surface area contributed by atoms with Crippen LogP contribution in [-0.2, 0) is 11.2 Å². The van der Waals surface area contributed by atoms with Crippen LogP contribution in [0.5, 0.6) is 0 Å². The number of nitrogens with two attached hydrogens (primary N) is 1. The first-order valence-corrected chi connectivity index (χ1v) is 7.29. The van der Waals surface area contributed by atoms with Crippen molar-refractivity contribution >= 4 is 27.3 Å². The second kappa shape index (κ2) is 6.15. The lowest BCUT2D eigenvalue weighted by molar-refractivity contribution is -0.0372. The van der Waals surface area contributed by atoms with E-state index in [1.54, 1.807) is 18.4 Å². The van der Waals surface area contributed by atoms with E-state index >= 15 is 0 Å². The first-order valence-electron chi connectivity index (χ1n) is 5.62. The summed E-state index contributed by atoms with van der Waals surface area (Å²) in [7, 11) is 1.76. The van der Waals surface area contributed by atoms with Gasteiger partial charge in [0, 0.05) is 28.9 Å². The molecule has 2 N–H and O–H groups in total. The van der Waals surface area contributed by atoms with Gasteiger partial charge in [-0.15, -0.1) is 11.3 Å². The van der Waals surface area contributed by atoms with Crippen molar-refractivity contribution in [3.8, 4) is 0 Å². The van der Waals surface area contributed by atoms with Crippen molar-refractivity contribution in [3.05, 3.63) is 20.8 Å². The Morgan fingerprint density at radius 3 is 2.50 bits per heavy atom. The highest BCUT2D eigenvalue weighted by Crippen LogP contribution is 2.29. The van der Waals surface area contributed by atoms with Crippen LogP contribution in [0.2, 0.25) is 0 Å². The molecule has 2 nitrogen and oxygen atoms in total. The van der Waals surface area contributed by atoms with Gasteiger partial charge < -0.3 is 10.5 Å². The molecule has 1 heterocycles. The second-order valence-electron chi connectivity index (χ2n) is 3.98. The summed E-state index contributed by atoms with van der Waals surface area (Å²) in [5, 5.41) is 2.08. The molecular formula is C12H20BrNOS. The van der Waals surface area contributed by atoms with Crippen molar-refractivity contribution in [1.29, 1.82) is 0 Å². The van der Waals surface area contributed by atoms with E-state index in [0.717, 1.165) is 23.7 Å². The average molecular weight is 306 g/mol. The quantitative estimate of drug-likeness (QED) is 0.872. The molecule has 0 saturated heterocycles. The monoisotopic (exact) mass is 305 g/mol. The SMILES string of the molecule is CCC(CC)(OC)C(N)Cc1sccc1Br. The Balaban J connectivity index is 2.77. The van der Waals surface area contributed by atoms with Gasteiger partial charge in [-0.25, -0.2) is 0 Å². The van der Waals surface area contributed by atoms with E-state index in [0.29, 0.717) is 0 Å². The predicted octanol–water partition coefficient (Wildman–Crippen LogP) is 3.59. The van der Waals surface area contributed by atoms with Crippen molar-refractivity contribution in [1.82, 2.24) is 0 Å². The molecule has 0 aliphatic rings. The molecular weight excluding hydrogens is 286 g/mol. The summed E-state index contributed by atoms with van der Waals surface area (Å²) in [4.78, 5) is 1.30. The molecule has 16 heavy (non-hydrogen) atoms. The van der Waals surface area contributed by atoms with E-state index in [2.05, 4.69) is 41.2 Å². The highest BCUT2D eigenvalue weighted by Gasteiger charge is 2.33. The maximum absolute atomic E-state index is 6.31. The number of rotatable bonds is 6. The van der Waals surface area contributed by atoms with Gasteiger partial charge >= 0.3 is 0 Å². The summed E-state index contributed by atoms with van der Waals surface area (Å²) in [6, 6.07) is 2.11. The molecule has 1 aromatic heterocycles. The zero-order valence-corrected chi connectivity index (χ0v) is 12.5. The molecule has 0 saturated carbocycles. The maximum atomic E-state index is 6.31. The van der Waals surface area contributed by atoms with Crippen LogP contribution in [0.4, 0.5) is 0 Å². The molecule has 1 atom stereocenters. The van der Waals surface area contributed by atoms with Crippen LogP contribution in [0.15, 0.2) is 15.9 Å². The summed E-state index contributed by atoms with van der Waals surface area (Å²) in [5.74, 6) is 0. The van der Waals surface area contributed by atoms with Crippen LogP contribution in [0, 0.1) is 0 Å². The molecule has 0 aliphatic heterocycles. The second-order valence-corrected chi connectivity index (χ2v) is 5.83. The van der Waals surface area contributed by atoms with E-state index in [1.807, 2.05) is 0 Å². The Morgan fingerprint density at radius 1 is 1.50 bits per heavy atom. The Labute approximate surface area is 110 Å². The summed E-state index contributed by atoms with van der Waals surface area (Å²) < 4.78 is 6.81. The van der Waals surface area contributed by atoms with Gasteiger partial charge in [0.05, 0.1) is 5.60 Å². The Morgan fingerprint density at radius 2 is 2.12 bits per heavy atom. The first-order chi connectivity index (χ1) is 7.59. The largest absolute Gasteiger partial charge is 0.377 e. The van der Waals surface area contributed by atoms with Crippen molar-refractivity contribution in [2.75, 3.05) is 7.11 Å². The minimum absolute atomic E-state index is 0.0439. The number of methoxy groups -OCH3 is 1. The third-order valence-electron chi connectivity index (χ3n) is 3.38. The van der Waals surface area contributed by atoms with Crippen LogP contribution in [0.1, 0.15) is 31.6 Å². The average Bonchev–Trinajstić information content (AvgIpc) is 2.68.